The zero-order chi connectivity index (χ0) is 26.2. The van der Waals surface area contributed by atoms with Gasteiger partial charge in [0.1, 0.15) is 0 Å². The maximum absolute atomic E-state index is 5.30. The average Bonchev–Trinajstić information content (AvgIpc) is 3.46. The highest BCUT2D eigenvalue weighted by atomic mass is 14.9. The van der Waals surface area contributed by atoms with Gasteiger partial charge < -0.3 is 0 Å². The number of nitrogens with zero attached hydrogens (tertiary/aromatic N) is 2. The van der Waals surface area contributed by atoms with Gasteiger partial charge in [0, 0.05) is 11.1 Å². The van der Waals surface area contributed by atoms with Gasteiger partial charge in [-0.15, -0.1) is 0 Å². The number of hydrogen-bond donors (Lipinski definition) is 0. The van der Waals surface area contributed by atoms with E-state index in [2.05, 4.69) is 115 Å². The Morgan fingerprint density at radius 1 is 0.718 bits per heavy atom. The third-order valence-electron chi connectivity index (χ3n) is 8.13. The summed E-state index contributed by atoms with van der Waals surface area (Å²) >= 11 is 0. The van der Waals surface area contributed by atoms with Crippen LogP contribution < -0.4 is 0 Å². The molecule has 0 saturated carbocycles. The second-order valence-electron chi connectivity index (χ2n) is 10.1. The van der Waals surface area contributed by atoms with Gasteiger partial charge in [0.15, 0.2) is 5.84 Å². The van der Waals surface area contributed by atoms with Gasteiger partial charge in [0.25, 0.3) is 0 Å². The highest BCUT2D eigenvalue weighted by Crippen LogP contribution is 2.63. The van der Waals surface area contributed by atoms with E-state index in [4.69, 9.17) is 4.99 Å². The van der Waals surface area contributed by atoms with Crippen LogP contribution in [0.5, 0.6) is 0 Å². The lowest BCUT2D eigenvalue weighted by molar-refractivity contribution is 0.709. The molecule has 0 saturated heterocycles. The molecule has 0 amide bonds. The van der Waals surface area contributed by atoms with E-state index in [9.17, 15) is 0 Å². The molecular formula is C37H28N2. The first-order valence-corrected chi connectivity index (χ1v) is 13.5. The van der Waals surface area contributed by atoms with Crippen LogP contribution in [-0.2, 0) is 5.41 Å². The van der Waals surface area contributed by atoms with Crippen LogP contribution in [0.1, 0.15) is 46.2 Å². The summed E-state index contributed by atoms with van der Waals surface area (Å²) < 4.78 is 0. The van der Waals surface area contributed by atoms with Crippen molar-refractivity contribution in [1.82, 2.24) is 0 Å². The minimum absolute atomic E-state index is 0.402. The fourth-order valence-electron chi connectivity index (χ4n) is 6.57. The normalized spacial score (nSPS) is 19.5. The second kappa shape index (κ2) is 9.49. The third kappa shape index (κ3) is 3.56. The maximum atomic E-state index is 5.30. The Morgan fingerprint density at radius 2 is 1.36 bits per heavy atom. The van der Waals surface area contributed by atoms with E-state index in [1.165, 1.54) is 33.4 Å². The molecule has 4 aromatic carbocycles. The van der Waals surface area contributed by atoms with Gasteiger partial charge in [-0.3, -0.25) is 0 Å². The van der Waals surface area contributed by atoms with E-state index < -0.39 is 5.41 Å². The Balaban J connectivity index is 1.58. The molecule has 4 aromatic rings. The van der Waals surface area contributed by atoms with Crippen LogP contribution in [0.2, 0.25) is 0 Å². The minimum Gasteiger partial charge on any atom is -0.245 e. The number of benzene rings is 4. The van der Waals surface area contributed by atoms with Crippen molar-refractivity contribution in [2.45, 2.75) is 18.3 Å². The van der Waals surface area contributed by atoms with Crippen LogP contribution in [0.4, 0.5) is 0 Å². The zero-order valence-corrected chi connectivity index (χ0v) is 21.7. The molecule has 1 atom stereocenters. The maximum Gasteiger partial charge on any atom is 0.159 e. The summed E-state index contributed by atoms with van der Waals surface area (Å²) in [5.41, 5.74) is 11.8. The first-order valence-electron chi connectivity index (χ1n) is 13.5. The first-order chi connectivity index (χ1) is 19.3. The van der Waals surface area contributed by atoms with Gasteiger partial charge in [-0.05, 0) is 58.5 Å². The Hall–Kier alpha value is -4.82. The van der Waals surface area contributed by atoms with E-state index in [1.54, 1.807) is 0 Å². The van der Waals surface area contributed by atoms with Crippen LogP contribution in [0.3, 0.4) is 0 Å². The van der Waals surface area contributed by atoms with Crippen LogP contribution in [0.25, 0.3) is 17.3 Å². The Bertz CT molecular complexity index is 1750. The number of fused-ring (bicyclic) bond motifs is 6. The zero-order valence-electron chi connectivity index (χ0n) is 21.7. The predicted octanol–water partition coefficient (Wildman–Crippen LogP) is 8.68. The number of aliphatic imine (C=N–C) groups is 2. The summed E-state index contributed by atoms with van der Waals surface area (Å²) in [6.07, 6.45) is 11.2. The number of hydrogen-bond acceptors (Lipinski definition) is 1. The molecule has 0 bridgehead atoms. The molecule has 1 spiro atoms. The molecule has 0 aromatic heterocycles. The molecule has 0 radical (unpaired) electrons. The quantitative estimate of drug-likeness (QED) is 0.198. The molecule has 3 aliphatic rings. The van der Waals surface area contributed by atoms with Gasteiger partial charge in [0.2, 0.25) is 0 Å². The van der Waals surface area contributed by atoms with E-state index >= 15 is 0 Å². The smallest absolute Gasteiger partial charge is 0.159 e. The summed E-state index contributed by atoms with van der Waals surface area (Å²) in [7, 11) is 0. The van der Waals surface area contributed by atoms with Gasteiger partial charge >= 0.3 is 0 Å². The Labute approximate surface area is 229 Å². The predicted molar refractivity (Wildman–Crippen MR) is 164 cm³/mol. The number of rotatable bonds is 4. The van der Waals surface area contributed by atoms with Gasteiger partial charge in [0.05, 0.1) is 11.1 Å². The highest BCUT2D eigenvalue weighted by Gasteiger charge is 2.53. The summed E-state index contributed by atoms with van der Waals surface area (Å²) in [4.78, 5) is 9.71. The van der Waals surface area contributed by atoms with Gasteiger partial charge in [-0.1, -0.05) is 133 Å². The van der Waals surface area contributed by atoms with Crippen molar-refractivity contribution in [1.29, 1.82) is 0 Å². The van der Waals surface area contributed by atoms with Crippen molar-refractivity contribution in [2.24, 2.45) is 9.98 Å². The van der Waals surface area contributed by atoms with Gasteiger partial charge in [-0.25, -0.2) is 9.98 Å². The summed E-state index contributed by atoms with van der Waals surface area (Å²) in [6.45, 7) is 3.90. The molecule has 0 heterocycles. The molecular weight excluding hydrogens is 472 g/mol. The van der Waals surface area contributed by atoms with E-state index in [0.29, 0.717) is 5.84 Å². The number of amidine groups is 1. The lowest BCUT2D eigenvalue weighted by Crippen LogP contribution is -2.28. The summed E-state index contributed by atoms with van der Waals surface area (Å²) in [5.74, 6) is 0.632. The fraction of sp³-hybridized carbons (Fsp3) is 0.0811. The molecule has 3 aliphatic carbocycles. The molecule has 7 rings (SSSR count). The second-order valence-corrected chi connectivity index (χ2v) is 10.1. The molecule has 186 valence electrons. The molecule has 0 N–H and O–H groups in total. The van der Waals surface area contributed by atoms with E-state index in [0.717, 1.165) is 35.2 Å². The van der Waals surface area contributed by atoms with Crippen molar-refractivity contribution in [3.63, 3.8) is 0 Å². The monoisotopic (exact) mass is 500 g/mol. The summed E-state index contributed by atoms with van der Waals surface area (Å²) in [5, 5.41) is 0. The lowest BCUT2D eigenvalue weighted by Gasteiger charge is -2.34. The van der Waals surface area contributed by atoms with Crippen molar-refractivity contribution < 1.29 is 0 Å². The molecule has 0 aliphatic heterocycles. The summed E-state index contributed by atoms with van der Waals surface area (Å²) in [6, 6.07) is 38.3. The van der Waals surface area contributed by atoms with Crippen LogP contribution in [0.15, 0.2) is 149 Å². The van der Waals surface area contributed by atoms with Crippen LogP contribution in [-0.4, -0.2) is 12.6 Å². The van der Waals surface area contributed by atoms with E-state index in [-0.39, 0.29) is 0 Å². The third-order valence-corrected chi connectivity index (χ3v) is 8.13. The molecule has 1 unspecified atom stereocenters. The molecule has 39 heavy (non-hydrogen) atoms. The van der Waals surface area contributed by atoms with Crippen molar-refractivity contribution in [2.75, 3.05) is 0 Å². The van der Waals surface area contributed by atoms with Crippen LogP contribution >= 0.6 is 0 Å². The van der Waals surface area contributed by atoms with Crippen molar-refractivity contribution in [3.8, 4) is 0 Å². The van der Waals surface area contributed by atoms with Crippen molar-refractivity contribution >= 4 is 29.9 Å². The molecule has 0 fully saturated rings. The standard InChI is InChI=1S/C37H28N2/c1-38-36(27-16-6-3-7-17-27)39-35-30-20-10-13-23-33(30)37(34(35)25-24-26-14-4-2-5-15-26)31-21-11-8-18-28(31)29-19-9-12-22-32(29)37/h2-11,13-21,23-25H,1,12,22H2/b25-24?,39-36-. The highest BCUT2D eigenvalue weighted by molar-refractivity contribution is 6.06. The molecule has 2 heteroatoms. The van der Waals surface area contributed by atoms with E-state index in [1.807, 2.05) is 30.3 Å². The Morgan fingerprint density at radius 3 is 2.10 bits per heavy atom. The molecule has 2 nitrogen and oxygen atoms in total. The SMILES string of the molecule is C=N/C(=N\C1=C(C=Cc2ccccc2)C2(C3=C(C=CCC3)c3ccccc32)c2ccccc21)c1ccccc1. The van der Waals surface area contributed by atoms with Crippen molar-refractivity contribution in [3.05, 3.63) is 172 Å². The average molecular weight is 501 g/mol. The number of allylic oxidation sites excluding steroid dienone is 6. The van der Waals surface area contributed by atoms with Gasteiger partial charge in [-0.2, -0.15) is 0 Å². The topological polar surface area (TPSA) is 24.7 Å². The Kier molecular flexibility index (Phi) is 5.67. The largest absolute Gasteiger partial charge is 0.245 e. The fourth-order valence-corrected chi connectivity index (χ4v) is 6.57. The van der Waals surface area contributed by atoms with Crippen LogP contribution in [0, 0.1) is 0 Å². The lowest BCUT2D eigenvalue weighted by atomic mass is 9.67. The first kappa shape index (κ1) is 23.3. The minimum atomic E-state index is -0.402.